The lowest BCUT2D eigenvalue weighted by Gasteiger charge is -2.31. The van der Waals surface area contributed by atoms with Crippen LogP contribution in [0.3, 0.4) is 0 Å². The van der Waals surface area contributed by atoms with Crippen LogP contribution in [-0.2, 0) is 0 Å². The maximum atomic E-state index is 6.32. The van der Waals surface area contributed by atoms with Crippen molar-refractivity contribution in [2.75, 3.05) is 4.90 Å². The maximum Gasteiger partial charge on any atom is 0.135 e. The van der Waals surface area contributed by atoms with E-state index in [0.717, 1.165) is 50.1 Å². The molecule has 320 valence electrons. The molecule has 2 heterocycles. The van der Waals surface area contributed by atoms with Crippen LogP contribution in [0, 0.1) is 0 Å². The van der Waals surface area contributed by atoms with Crippen molar-refractivity contribution in [3.63, 3.8) is 0 Å². The summed E-state index contributed by atoms with van der Waals surface area (Å²) < 4.78 is 8.70. The average Bonchev–Trinajstić information content (AvgIpc) is 3.94. The van der Waals surface area contributed by atoms with Gasteiger partial charge in [0, 0.05) is 44.0 Å². The number of anilines is 3. The molecule has 1 aliphatic carbocycles. The number of hydrogen-bond acceptors (Lipinski definition) is 2. The van der Waals surface area contributed by atoms with E-state index in [4.69, 9.17) is 4.42 Å². The van der Waals surface area contributed by atoms with E-state index in [-0.39, 0.29) is 0 Å². The van der Waals surface area contributed by atoms with E-state index < -0.39 is 0 Å². The van der Waals surface area contributed by atoms with E-state index in [9.17, 15) is 0 Å². The predicted octanol–water partition coefficient (Wildman–Crippen LogP) is 18.4. The first kappa shape index (κ1) is 39.2. The fourth-order valence-corrected chi connectivity index (χ4v) is 11.3. The lowest BCUT2D eigenvalue weighted by molar-refractivity contribution is 0.445. The van der Waals surface area contributed by atoms with Gasteiger partial charge in [0.25, 0.3) is 0 Å². The lowest BCUT2D eigenvalue weighted by atomic mass is 9.80. The summed E-state index contributed by atoms with van der Waals surface area (Å²) in [6.07, 6.45) is 6.43. The van der Waals surface area contributed by atoms with Gasteiger partial charge in [-0.2, -0.15) is 0 Å². The Bertz CT molecular complexity index is 3790. The van der Waals surface area contributed by atoms with Crippen molar-refractivity contribution in [1.29, 1.82) is 0 Å². The molecule has 0 aliphatic heterocycles. The van der Waals surface area contributed by atoms with Gasteiger partial charge in [0.1, 0.15) is 11.2 Å². The summed E-state index contributed by atoms with van der Waals surface area (Å²) in [7, 11) is 0. The average molecular weight is 861 g/mol. The summed E-state index contributed by atoms with van der Waals surface area (Å²) in [6, 6.07) is 82.4. The van der Waals surface area contributed by atoms with Crippen LogP contribution in [0.2, 0.25) is 0 Å². The van der Waals surface area contributed by atoms with Gasteiger partial charge >= 0.3 is 0 Å². The van der Waals surface area contributed by atoms with Crippen LogP contribution in [0.5, 0.6) is 0 Å². The van der Waals surface area contributed by atoms with Crippen LogP contribution in [0.1, 0.15) is 43.6 Å². The second-order valence-corrected chi connectivity index (χ2v) is 18.2. The highest BCUT2D eigenvalue weighted by Crippen LogP contribution is 2.48. The predicted molar refractivity (Wildman–Crippen MR) is 282 cm³/mol. The van der Waals surface area contributed by atoms with Crippen molar-refractivity contribution in [3.8, 4) is 39.1 Å². The van der Waals surface area contributed by atoms with Crippen LogP contribution in [0.25, 0.3) is 93.6 Å². The summed E-state index contributed by atoms with van der Waals surface area (Å²) in [4.78, 5) is 2.49. The number of fused-ring (bicyclic) bond motifs is 7. The summed E-state index contributed by atoms with van der Waals surface area (Å²) in [5, 5.41) is 7.43. The Morgan fingerprint density at radius 2 is 1.01 bits per heavy atom. The molecule has 13 rings (SSSR count). The SMILES string of the molecule is c1ccc(-n2c3ccccc3c3cc(-c4ccc(N(c5ccccc5-c5ccc6oc7ccccc7c6c5)c5ccccc5-c5cccc6cccc(C7CCCCC7)c56)cc4)ccc32)cc1. The highest BCUT2D eigenvalue weighted by atomic mass is 16.3. The van der Waals surface area contributed by atoms with Crippen molar-refractivity contribution in [1.82, 2.24) is 4.57 Å². The van der Waals surface area contributed by atoms with E-state index in [1.807, 2.05) is 6.07 Å². The Morgan fingerprint density at radius 1 is 0.403 bits per heavy atom. The van der Waals surface area contributed by atoms with Gasteiger partial charge in [-0.3, -0.25) is 0 Å². The molecular formula is C64H48N2O. The third-order valence-electron chi connectivity index (χ3n) is 14.4. The van der Waals surface area contributed by atoms with Crippen molar-refractivity contribution < 1.29 is 4.42 Å². The van der Waals surface area contributed by atoms with Crippen molar-refractivity contribution in [3.05, 3.63) is 230 Å². The molecule has 0 spiro atoms. The molecule has 0 bridgehead atoms. The number of aromatic nitrogens is 1. The first-order chi connectivity index (χ1) is 33.2. The number of para-hydroxylation sites is 5. The Kier molecular flexibility index (Phi) is 9.60. The molecule has 67 heavy (non-hydrogen) atoms. The van der Waals surface area contributed by atoms with E-state index >= 15 is 0 Å². The van der Waals surface area contributed by atoms with E-state index in [1.165, 1.54) is 98.2 Å². The minimum absolute atomic E-state index is 0.568. The quantitative estimate of drug-likeness (QED) is 0.152. The van der Waals surface area contributed by atoms with Gasteiger partial charge in [-0.25, -0.2) is 0 Å². The second-order valence-electron chi connectivity index (χ2n) is 18.2. The number of benzene rings is 10. The Hall–Kier alpha value is -8.14. The Labute approximate surface area is 390 Å². The summed E-state index contributed by atoms with van der Waals surface area (Å²) in [5.41, 5.74) is 17.3. The molecule has 3 heteroatoms. The summed E-state index contributed by atoms with van der Waals surface area (Å²) in [5.74, 6) is 0.568. The van der Waals surface area contributed by atoms with Gasteiger partial charge in [-0.15, -0.1) is 0 Å². The van der Waals surface area contributed by atoms with Crippen LogP contribution in [0.15, 0.2) is 229 Å². The molecule has 0 unspecified atom stereocenters. The lowest BCUT2D eigenvalue weighted by Crippen LogP contribution is -2.12. The molecule has 10 aromatic carbocycles. The van der Waals surface area contributed by atoms with Crippen molar-refractivity contribution in [2.45, 2.75) is 38.0 Å². The minimum Gasteiger partial charge on any atom is -0.456 e. The van der Waals surface area contributed by atoms with Crippen LogP contribution in [-0.4, -0.2) is 4.57 Å². The second kappa shape index (κ2) is 16.4. The number of furan rings is 1. The summed E-state index contributed by atoms with van der Waals surface area (Å²) >= 11 is 0. The molecule has 0 atom stereocenters. The van der Waals surface area contributed by atoms with Gasteiger partial charge in [0.05, 0.1) is 22.4 Å². The Morgan fingerprint density at radius 3 is 1.85 bits per heavy atom. The van der Waals surface area contributed by atoms with Gasteiger partial charge in [-0.05, 0) is 130 Å². The summed E-state index contributed by atoms with van der Waals surface area (Å²) in [6.45, 7) is 0. The smallest absolute Gasteiger partial charge is 0.135 e. The largest absolute Gasteiger partial charge is 0.456 e. The molecule has 1 saturated carbocycles. The zero-order chi connectivity index (χ0) is 44.3. The molecular weight excluding hydrogens is 813 g/mol. The third-order valence-corrected chi connectivity index (χ3v) is 14.4. The first-order valence-electron chi connectivity index (χ1n) is 23.9. The van der Waals surface area contributed by atoms with Gasteiger partial charge in [0.15, 0.2) is 0 Å². The van der Waals surface area contributed by atoms with E-state index in [0.29, 0.717) is 5.92 Å². The normalized spacial score (nSPS) is 13.3. The molecule has 0 saturated heterocycles. The van der Waals surface area contributed by atoms with Crippen LogP contribution < -0.4 is 4.90 Å². The van der Waals surface area contributed by atoms with Crippen molar-refractivity contribution in [2.24, 2.45) is 0 Å². The molecule has 0 amide bonds. The van der Waals surface area contributed by atoms with Crippen LogP contribution >= 0.6 is 0 Å². The highest BCUT2D eigenvalue weighted by molar-refractivity contribution is 6.11. The Balaban J connectivity index is 0.990. The zero-order valence-electron chi connectivity index (χ0n) is 37.3. The van der Waals surface area contributed by atoms with Gasteiger partial charge in [0.2, 0.25) is 0 Å². The highest BCUT2D eigenvalue weighted by Gasteiger charge is 2.25. The van der Waals surface area contributed by atoms with Crippen LogP contribution in [0.4, 0.5) is 17.1 Å². The third kappa shape index (κ3) is 6.72. The molecule has 0 radical (unpaired) electrons. The molecule has 1 fully saturated rings. The monoisotopic (exact) mass is 860 g/mol. The van der Waals surface area contributed by atoms with Gasteiger partial charge < -0.3 is 13.9 Å². The van der Waals surface area contributed by atoms with E-state index in [1.54, 1.807) is 0 Å². The molecule has 3 nitrogen and oxygen atoms in total. The first-order valence-corrected chi connectivity index (χ1v) is 23.9. The molecule has 1 aliphatic rings. The molecule has 2 aromatic heterocycles. The van der Waals surface area contributed by atoms with E-state index in [2.05, 4.69) is 228 Å². The number of nitrogens with zero attached hydrogens (tertiary/aromatic N) is 2. The van der Waals surface area contributed by atoms with Crippen molar-refractivity contribution >= 4 is 71.6 Å². The number of rotatable bonds is 8. The topological polar surface area (TPSA) is 21.3 Å². The fraction of sp³-hybridized carbons (Fsp3) is 0.0938. The number of hydrogen-bond donors (Lipinski definition) is 0. The minimum atomic E-state index is 0.568. The molecule has 0 N–H and O–H groups in total. The van der Waals surface area contributed by atoms with Gasteiger partial charge in [-0.1, -0.05) is 171 Å². The zero-order valence-corrected chi connectivity index (χ0v) is 37.3. The molecule has 12 aromatic rings. The standard InChI is InChI=1S/C64H48N2O/c1-3-17-44(18-4-1)51-27-15-19-45-20-16-28-55(64(45)51)52-24-8-12-30-59(52)66(58-29-11-7-23-50(58)47-36-40-63-57(42-47)54-26-10-14-32-62(54)67-63)49-37-33-43(34-38-49)46-35-39-61-56(41-46)53-25-9-13-31-60(53)65(61)48-21-5-2-6-22-48/h2,5-16,19-42,44H,1,3-4,17-18H2. The maximum absolute atomic E-state index is 6.32. The fourth-order valence-electron chi connectivity index (χ4n) is 11.3.